The summed E-state index contributed by atoms with van der Waals surface area (Å²) in [5.41, 5.74) is 7.62. The Balaban J connectivity index is 2.68. The molecule has 2 N–H and O–H groups in total. The van der Waals surface area contributed by atoms with E-state index in [0.29, 0.717) is 12.5 Å². The molecule has 3 heteroatoms. The molecule has 1 aromatic carbocycles. The lowest BCUT2D eigenvalue weighted by molar-refractivity contribution is 0.216. The van der Waals surface area contributed by atoms with E-state index in [9.17, 15) is 4.79 Å². The Bertz CT molecular complexity index is 345. The lowest BCUT2D eigenvalue weighted by Gasteiger charge is -2.15. The van der Waals surface area contributed by atoms with Crippen molar-refractivity contribution in [2.75, 3.05) is 7.05 Å². The van der Waals surface area contributed by atoms with Crippen molar-refractivity contribution in [2.24, 2.45) is 5.73 Å². The quantitative estimate of drug-likeness (QED) is 0.833. The molecular formula is C13H20N2O. The number of rotatable bonds is 4. The summed E-state index contributed by atoms with van der Waals surface area (Å²) >= 11 is 0. The summed E-state index contributed by atoms with van der Waals surface area (Å²) in [5, 5.41) is 0. The SMILES string of the molecule is CCC(C)c1ccc(CN(C)C(N)=O)cc1. The molecule has 1 aromatic rings. The van der Waals surface area contributed by atoms with E-state index in [1.807, 2.05) is 0 Å². The number of carbonyl (C=O) groups excluding carboxylic acids is 1. The van der Waals surface area contributed by atoms with E-state index in [1.165, 1.54) is 10.5 Å². The number of primary amides is 1. The smallest absolute Gasteiger partial charge is 0.314 e. The van der Waals surface area contributed by atoms with Crippen molar-refractivity contribution in [3.63, 3.8) is 0 Å². The molecule has 16 heavy (non-hydrogen) atoms. The maximum absolute atomic E-state index is 10.9. The highest BCUT2D eigenvalue weighted by atomic mass is 16.2. The van der Waals surface area contributed by atoms with E-state index in [2.05, 4.69) is 38.1 Å². The summed E-state index contributed by atoms with van der Waals surface area (Å²) in [5.74, 6) is 0.586. The molecule has 0 saturated carbocycles. The van der Waals surface area contributed by atoms with Crippen LogP contribution in [0.5, 0.6) is 0 Å². The normalized spacial score (nSPS) is 12.2. The van der Waals surface area contributed by atoms with Crippen molar-refractivity contribution in [1.29, 1.82) is 0 Å². The van der Waals surface area contributed by atoms with Gasteiger partial charge in [-0.1, -0.05) is 38.1 Å². The van der Waals surface area contributed by atoms with Gasteiger partial charge in [0.1, 0.15) is 0 Å². The minimum atomic E-state index is -0.397. The van der Waals surface area contributed by atoms with Crippen LogP contribution in [0.1, 0.15) is 37.3 Å². The number of hydrogen-bond acceptors (Lipinski definition) is 1. The summed E-state index contributed by atoms with van der Waals surface area (Å²) < 4.78 is 0. The zero-order chi connectivity index (χ0) is 12.1. The molecule has 0 aliphatic heterocycles. The van der Waals surface area contributed by atoms with Crippen molar-refractivity contribution in [2.45, 2.75) is 32.7 Å². The molecule has 0 fully saturated rings. The summed E-state index contributed by atoms with van der Waals surface area (Å²) in [6, 6.07) is 7.96. The fourth-order valence-electron chi connectivity index (χ4n) is 1.54. The maximum Gasteiger partial charge on any atom is 0.314 e. The highest BCUT2D eigenvalue weighted by Crippen LogP contribution is 2.19. The van der Waals surface area contributed by atoms with Crippen LogP contribution in [0.4, 0.5) is 4.79 Å². The molecule has 88 valence electrons. The fraction of sp³-hybridized carbons (Fsp3) is 0.462. The monoisotopic (exact) mass is 220 g/mol. The van der Waals surface area contributed by atoms with Crippen molar-refractivity contribution in [3.05, 3.63) is 35.4 Å². The Morgan fingerprint density at radius 2 is 1.94 bits per heavy atom. The minimum absolute atomic E-state index is 0.397. The number of nitrogens with two attached hydrogens (primary N) is 1. The number of hydrogen-bond donors (Lipinski definition) is 1. The van der Waals surface area contributed by atoms with Gasteiger partial charge in [-0.3, -0.25) is 0 Å². The van der Waals surface area contributed by atoms with Gasteiger partial charge in [-0.2, -0.15) is 0 Å². The van der Waals surface area contributed by atoms with Crippen LogP contribution in [0.15, 0.2) is 24.3 Å². The molecule has 0 spiro atoms. The van der Waals surface area contributed by atoms with Crippen molar-refractivity contribution < 1.29 is 4.79 Å². The molecule has 0 aliphatic rings. The first-order chi connectivity index (χ1) is 7.54. The van der Waals surface area contributed by atoms with Crippen LogP contribution >= 0.6 is 0 Å². The Morgan fingerprint density at radius 3 is 2.38 bits per heavy atom. The van der Waals surface area contributed by atoms with Crippen molar-refractivity contribution in [1.82, 2.24) is 4.90 Å². The van der Waals surface area contributed by atoms with Crippen LogP contribution in [0, 0.1) is 0 Å². The molecule has 0 saturated heterocycles. The van der Waals surface area contributed by atoms with Crippen LogP contribution in [0.25, 0.3) is 0 Å². The van der Waals surface area contributed by atoms with Crippen LogP contribution in [-0.2, 0) is 6.54 Å². The van der Waals surface area contributed by atoms with E-state index in [-0.39, 0.29) is 0 Å². The lowest BCUT2D eigenvalue weighted by atomic mass is 9.97. The molecule has 0 bridgehead atoms. The Morgan fingerprint density at radius 1 is 1.38 bits per heavy atom. The molecule has 0 aromatic heterocycles. The topological polar surface area (TPSA) is 46.3 Å². The number of benzene rings is 1. The summed E-state index contributed by atoms with van der Waals surface area (Å²) in [7, 11) is 1.70. The van der Waals surface area contributed by atoms with Gasteiger partial charge in [0.25, 0.3) is 0 Å². The van der Waals surface area contributed by atoms with Gasteiger partial charge in [0.15, 0.2) is 0 Å². The van der Waals surface area contributed by atoms with Crippen LogP contribution in [0.3, 0.4) is 0 Å². The zero-order valence-corrected chi connectivity index (χ0v) is 10.2. The Hall–Kier alpha value is -1.51. The average molecular weight is 220 g/mol. The standard InChI is InChI=1S/C13H20N2O/c1-4-10(2)12-7-5-11(6-8-12)9-15(3)13(14)16/h5-8,10H,4,9H2,1-3H3,(H2,14,16). The number of urea groups is 1. The number of amides is 2. The van der Waals surface area contributed by atoms with Crippen LogP contribution < -0.4 is 5.73 Å². The first kappa shape index (κ1) is 12.6. The predicted octanol–water partition coefficient (Wildman–Crippen LogP) is 2.71. The summed E-state index contributed by atoms with van der Waals surface area (Å²) in [6.45, 7) is 4.96. The zero-order valence-electron chi connectivity index (χ0n) is 10.2. The van der Waals surface area contributed by atoms with Gasteiger partial charge in [0, 0.05) is 13.6 Å². The van der Waals surface area contributed by atoms with Gasteiger partial charge < -0.3 is 10.6 Å². The molecule has 1 atom stereocenters. The van der Waals surface area contributed by atoms with Gasteiger partial charge in [0.2, 0.25) is 0 Å². The van der Waals surface area contributed by atoms with Crippen LogP contribution in [0.2, 0.25) is 0 Å². The maximum atomic E-state index is 10.9. The molecule has 3 nitrogen and oxygen atoms in total. The van der Waals surface area contributed by atoms with Crippen LogP contribution in [-0.4, -0.2) is 18.0 Å². The van der Waals surface area contributed by atoms with Crippen molar-refractivity contribution in [3.8, 4) is 0 Å². The highest BCUT2D eigenvalue weighted by molar-refractivity contribution is 5.71. The molecule has 0 aliphatic carbocycles. The van der Waals surface area contributed by atoms with E-state index >= 15 is 0 Å². The summed E-state index contributed by atoms with van der Waals surface area (Å²) in [4.78, 5) is 12.4. The van der Waals surface area contributed by atoms with Gasteiger partial charge in [0.05, 0.1) is 0 Å². The molecule has 1 rings (SSSR count). The number of carbonyl (C=O) groups is 1. The third-order valence-electron chi connectivity index (χ3n) is 2.96. The first-order valence-corrected chi connectivity index (χ1v) is 5.64. The van der Waals surface area contributed by atoms with Gasteiger partial charge in [-0.05, 0) is 23.5 Å². The molecule has 0 radical (unpaired) electrons. The second-order valence-corrected chi connectivity index (χ2v) is 4.25. The van der Waals surface area contributed by atoms with Crippen molar-refractivity contribution >= 4 is 6.03 Å². The van der Waals surface area contributed by atoms with E-state index in [4.69, 9.17) is 5.73 Å². The van der Waals surface area contributed by atoms with Gasteiger partial charge in [-0.15, -0.1) is 0 Å². The lowest BCUT2D eigenvalue weighted by Crippen LogP contribution is -2.31. The third-order valence-corrected chi connectivity index (χ3v) is 2.96. The van der Waals surface area contributed by atoms with Gasteiger partial charge >= 0.3 is 6.03 Å². The van der Waals surface area contributed by atoms with Gasteiger partial charge in [-0.25, -0.2) is 4.79 Å². The van der Waals surface area contributed by atoms with E-state index in [1.54, 1.807) is 7.05 Å². The molecule has 0 heterocycles. The molecule has 2 amide bonds. The second-order valence-electron chi connectivity index (χ2n) is 4.25. The second kappa shape index (κ2) is 5.54. The predicted molar refractivity (Wildman–Crippen MR) is 66.2 cm³/mol. The summed E-state index contributed by atoms with van der Waals surface area (Å²) in [6.07, 6.45) is 1.14. The molecule has 1 unspecified atom stereocenters. The van der Waals surface area contributed by atoms with E-state index in [0.717, 1.165) is 12.0 Å². The molecular weight excluding hydrogens is 200 g/mol. The minimum Gasteiger partial charge on any atom is -0.351 e. The third kappa shape index (κ3) is 3.26. The first-order valence-electron chi connectivity index (χ1n) is 5.64. The Labute approximate surface area is 97.2 Å². The largest absolute Gasteiger partial charge is 0.351 e. The average Bonchev–Trinajstić information content (AvgIpc) is 2.28. The Kier molecular flexibility index (Phi) is 4.35. The highest BCUT2D eigenvalue weighted by Gasteiger charge is 2.05. The van der Waals surface area contributed by atoms with E-state index < -0.39 is 6.03 Å². The number of nitrogens with zero attached hydrogens (tertiary/aromatic N) is 1. The fourth-order valence-corrected chi connectivity index (χ4v) is 1.54.